The Bertz CT molecular complexity index is 1130. The topological polar surface area (TPSA) is 82.5 Å². The van der Waals surface area contributed by atoms with Crippen molar-refractivity contribution in [3.05, 3.63) is 69.7 Å². The Morgan fingerprint density at radius 3 is 2.79 bits per heavy atom. The van der Waals surface area contributed by atoms with Crippen LogP contribution in [0.25, 0.3) is 11.3 Å². The minimum atomic E-state index is -0.348. The van der Waals surface area contributed by atoms with Crippen LogP contribution in [0.3, 0.4) is 0 Å². The minimum absolute atomic E-state index is 0.154. The van der Waals surface area contributed by atoms with E-state index in [1.807, 2.05) is 13.0 Å². The van der Waals surface area contributed by atoms with Gasteiger partial charge in [-0.3, -0.25) is 14.2 Å². The van der Waals surface area contributed by atoms with Crippen LogP contribution in [0, 0.1) is 6.92 Å². The Morgan fingerprint density at radius 2 is 2.00 bits per heavy atom. The van der Waals surface area contributed by atoms with E-state index >= 15 is 0 Å². The number of hydrogen-bond acceptors (Lipinski definition) is 5. The lowest BCUT2D eigenvalue weighted by molar-refractivity contribution is -0.116. The van der Waals surface area contributed by atoms with Crippen LogP contribution in [0.15, 0.2) is 53.6 Å². The molecule has 0 saturated heterocycles. The Balaban J connectivity index is 1.49. The van der Waals surface area contributed by atoms with E-state index in [-0.39, 0.29) is 24.8 Å². The molecule has 0 radical (unpaired) electrons. The molecule has 0 atom stereocenters. The number of benzene rings is 2. The van der Waals surface area contributed by atoms with Crippen molar-refractivity contribution in [3.63, 3.8) is 0 Å². The molecule has 2 aromatic carbocycles. The third kappa shape index (κ3) is 3.70. The van der Waals surface area contributed by atoms with Crippen molar-refractivity contribution in [1.29, 1.82) is 0 Å². The Kier molecular flexibility index (Phi) is 4.75. The van der Waals surface area contributed by atoms with Gasteiger partial charge in [0.25, 0.3) is 5.56 Å². The summed E-state index contributed by atoms with van der Waals surface area (Å²) >= 11 is 6.06. The maximum absolute atomic E-state index is 12.4. The smallest absolute Gasteiger partial charge is 0.254 e. The largest absolute Gasteiger partial charge is 0.454 e. The number of anilines is 1. The molecule has 2 heterocycles. The zero-order chi connectivity index (χ0) is 19.7. The normalized spacial score (nSPS) is 12.1. The fourth-order valence-corrected chi connectivity index (χ4v) is 2.96. The van der Waals surface area contributed by atoms with E-state index in [2.05, 4.69) is 10.3 Å². The van der Waals surface area contributed by atoms with Crippen LogP contribution in [0.1, 0.15) is 5.56 Å². The highest BCUT2D eigenvalue weighted by Gasteiger charge is 2.15. The van der Waals surface area contributed by atoms with Gasteiger partial charge in [0, 0.05) is 22.3 Å². The molecule has 0 aliphatic carbocycles. The molecule has 0 bridgehead atoms. The van der Waals surface area contributed by atoms with E-state index in [1.165, 1.54) is 17.0 Å². The average Bonchev–Trinajstić information content (AvgIpc) is 3.14. The number of aromatic nitrogens is 2. The van der Waals surface area contributed by atoms with Crippen LogP contribution in [-0.2, 0) is 11.3 Å². The number of rotatable bonds is 4. The molecule has 1 N–H and O–H groups in total. The number of aryl methyl sites for hydroxylation is 1. The van der Waals surface area contributed by atoms with Gasteiger partial charge < -0.3 is 14.8 Å². The summed E-state index contributed by atoms with van der Waals surface area (Å²) in [5, 5.41) is 3.28. The number of fused-ring (bicyclic) bond motifs is 1. The molecular formula is C20H16ClN3O4. The van der Waals surface area contributed by atoms with Crippen LogP contribution >= 0.6 is 11.6 Å². The summed E-state index contributed by atoms with van der Waals surface area (Å²) in [4.78, 5) is 28.9. The molecular weight excluding hydrogens is 382 g/mol. The van der Waals surface area contributed by atoms with Crippen molar-refractivity contribution >= 4 is 23.2 Å². The van der Waals surface area contributed by atoms with Gasteiger partial charge in [0.2, 0.25) is 12.7 Å². The highest BCUT2D eigenvalue weighted by molar-refractivity contribution is 6.31. The lowest BCUT2D eigenvalue weighted by atomic mass is 10.1. The van der Waals surface area contributed by atoms with Crippen LogP contribution in [0.2, 0.25) is 5.02 Å². The second kappa shape index (κ2) is 7.36. The van der Waals surface area contributed by atoms with Crippen LogP contribution in [0.4, 0.5) is 5.69 Å². The molecule has 0 fully saturated rings. The maximum Gasteiger partial charge on any atom is 0.254 e. The van der Waals surface area contributed by atoms with E-state index in [9.17, 15) is 9.59 Å². The van der Waals surface area contributed by atoms with Gasteiger partial charge in [-0.15, -0.1) is 0 Å². The summed E-state index contributed by atoms with van der Waals surface area (Å²) in [7, 11) is 0. The van der Waals surface area contributed by atoms with Crippen LogP contribution < -0.4 is 20.3 Å². The Hall–Kier alpha value is -3.32. The van der Waals surface area contributed by atoms with Gasteiger partial charge >= 0.3 is 0 Å². The van der Waals surface area contributed by atoms with Gasteiger partial charge in [0.15, 0.2) is 11.5 Å². The van der Waals surface area contributed by atoms with Gasteiger partial charge in [-0.2, -0.15) is 0 Å². The number of hydrogen-bond donors (Lipinski definition) is 1. The third-order valence-electron chi connectivity index (χ3n) is 4.32. The first-order chi connectivity index (χ1) is 13.5. The van der Waals surface area contributed by atoms with Crippen molar-refractivity contribution in [2.24, 2.45) is 0 Å². The molecule has 4 rings (SSSR count). The Labute approximate surface area is 165 Å². The SMILES string of the molecule is Cc1ccc(NC(=O)Cn2cnc(-c3ccc4c(c3)OCO4)cc2=O)cc1Cl. The molecule has 1 aromatic heterocycles. The van der Waals surface area contributed by atoms with Crippen LogP contribution in [-0.4, -0.2) is 22.3 Å². The summed E-state index contributed by atoms with van der Waals surface area (Å²) in [5.74, 6) is 0.921. The molecule has 1 amide bonds. The number of amides is 1. The van der Waals surface area contributed by atoms with Crippen LogP contribution in [0.5, 0.6) is 11.5 Å². The summed E-state index contributed by atoms with van der Waals surface area (Å²) in [6.45, 7) is 1.90. The molecule has 0 spiro atoms. The van der Waals surface area contributed by atoms with Crippen molar-refractivity contribution in [2.45, 2.75) is 13.5 Å². The fourth-order valence-electron chi connectivity index (χ4n) is 2.78. The van der Waals surface area contributed by atoms with Gasteiger partial charge in [0.1, 0.15) is 6.54 Å². The first-order valence-electron chi connectivity index (χ1n) is 8.52. The maximum atomic E-state index is 12.4. The lowest BCUT2D eigenvalue weighted by Crippen LogP contribution is -2.27. The number of carbonyl (C=O) groups is 1. The van der Waals surface area contributed by atoms with Crippen molar-refractivity contribution in [2.75, 3.05) is 12.1 Å². The van der Waals surface area contributed by atoms with Gasteiger partial charge in [-0.25, -0.2) is 4.98 Å². The molecule has 7 nitrogen and oxygen atoms in total. The minimum Gasteiger partial charge on any atom is -0.454 e. The van der Waals surface area contributed by atoms with E-state index in [0.717, 1.165) is 11.1 Å². The summed E-state index contributed by atoms with van der Waals surface area (Å²) < 4.78 is 11.9. The number of halogens is 1. The Morgan fingerprint density at radius 1 is 1.18 bits per heavy atom. The fraction of sp³-hybridized carbons (Fsp3) is 0.150. The predicted octanol–water partition coefficient (Wildman–Crippen LogP) is 3.24. The molecule has 1 aliphatic rings. The van der Waals surface area contributed by atoms with E-state index < -0.39 is 0 Å². The van der Waals surface area contributed by atoms with Gasteiger partial charge in [0.05, 0.1) is 12.0 Å². The summed E-state index contributed by atoms with van der Waals surface area (Å²) in [5.41, 5.74) is 2.37. The number of carbonyl (C=O) groups excluding carboxylic acids is 1. The highest BCUT2D eigenvalue weighted by atomic mass is 35.5. The zero-order valence-electron chi connectivity index (χ0n) is 14.9. The second-order valence-corrected chi connectivity index (χ2v) is 6.73. The molecule has 0 unspecified atom stereocenters. The van der Waals surface area contributed by atoms with Gasteiger partial charge in [-0.1, -0.05) is 17.7 Å². The van der Waals surface area contributed by atoms with Gasteiger partial charge in [-0.05, 0) is 42.8 Å². The zero-order valence-corrected chi connectivity index (χ0v) is 15.7. The molecule has 28 heavy (non-hydrogen) atoms. The van der Waals surface area contributed by atoms with Crippen molar-refractivity contribution in [1.82, 2.24) is 9.55 Å². The molecule has 1 aliphatic heterocycles. The first kappa shape index (κ1) is 18.1. The second-order valence-electron chi connectivity index (χ2n) is 6.32. The molecule has 3 aromatic rings. The number of nitrogens with zero attached hydrogens (tertiary/aromatic N) is 2. The molecule has 142 valence electrons. The predicted molar refractivity (Wildman–Crippen MR) is 105 cm³/mol. The lowest BCUT2D eigenvalue weighted by Gasteiger charge is -2.09. The summed E-state index contributed by atoms with van der Waals surface area (Å²) in [6.07, 6.45) is 1.35. The molecule has 8 heteroatoms. The highest BCUT2D eigenvalue weighted by Crippen LogP contribution is 2.35. The third-order valence-corrected chi connectivity index (χ3v) is 4.72. The number of ether oxygens (including phenoxy) is 2. The summed E-state index contributed by atoms with van der Waals surface area (Å²) in [6, 6.07) is 11.9. The standard InChI is InChI=1S/C20H16ClN3O4/c1-12-2-4-14(7-15(12)21)23-19(25)9-24-10-22-16(8-20(24)26)13-3-5-17-18(6-13)28-11-27-17/h2-8,10H,9,11H2,1H3,(H,23,25). The van der Waals surface area contributed by atoms with Crippen molar-refractivity contribution < 1.29 is 14.3 Å². The first-order valence-corrected chi connectivity index (χ1v) is 8.90. The molecule has 0 saturated carbocycles. The van der Waals surface area contributed by atoms with Crippen molar-refractivity contribution in [3.8, 4) is 22.8 Å². The quantitative estimate of drug-likeness (QED) is 0.730. The van der Waals surface area contributed by atoms with E-state index in [0.29, 0.717) is 27.9 Å². The van der Waals surface area contributed by atoms with E-state index in [4.69, 9.17) is 21.1 Å². The monoisotopic (exact) mass is 397 g/mol. The number of nitrogens with one attached hydrogen (secondary N) is 1. The van der Waals surface area contributed by atoms with E-state index in [1.54, 1.807) is 30.3 Å². The average molecular weight is 398 g/mol.